The predicted octanol–water partition coefficient (Wildman–Crippen LogP) is 3.30. The monoisotopic (exact) mass is 329 g/mol. The molecule has 0 radical (unpaired) electrons. The molecule has 23 heavy (non-hydrogen) atoms. The van der Waals surface area contributed by atoms with Crippen molar-refractivity contribution in [2.45, 2.75) is 78.8 Å². The summed E-state index contributed by atoms with van der Waals surface area (Å²) in [5, 5.41) is 9.64. The number of unbranched alkanes of at least 4 members (excludes halogenated alkanes) is 3. The van der Waals surface area contributed by atoms with Gasteiger partial charge in [-0.1, -0.05) is 33.6 Å². The fourth-order valence-corrected chi connectivity index (χ4v) is 2.22. The molecule has 0 aromatic heterocycles. The lowest BCUT2D eigenvalue weighted by atomic mass is 10.1. The number of ether oxygens (including phenoxy) is 1. The van der Waals surface area contributed by atoms with Crippen LogP contribution in [-0.4, -0.2) is 43.9 Å². The minimum atomic E-state index is -0.303. The van der Waals surface area contributed by atoms with Crippen molar-refractivity contribution in [3.8, 4) is 0 Å². The van der Waals surface area contributed by atoms with Crippen LogP contribution in [0.3, 0.4) is 0 Å². The summed E-state index contributed by atoms with van der Waals surface area (Å²) in [6.45, 7) is 15.9. The standard InChI is InChI=1S/C18H39N3O2/c1-7-19-16(15(2)3)14-23-17(22)20-12-10-8-9-11-13-21-18(4,5)6/h15-16,19,21H,7-14H2,1-6H3,(H,20,22)/t16-/m0/s1. The van der Waals surface area contributed by atoms with E-state index in [1.54, 1.807) is 0 Å². The lowest BCUT2D eigenvalue weighted by molar-refractivity contribution is 0.125. The van der Waals surface area contributed by atoms with Crippen LogP contribution in [0.4, 0.5) is 4.79 Å². The van der Waals surface area contributed by atoms with Crippen LogP contribution in [0.25, 0.3) is 0 Å². The Morgan fingerprint density at radius 1 is 1.04 bits per heavy atom. The quantitative estimate of drug-likeness (QED) is 0.481. The molecule has 0 bridgehead atoms. The van der Waals surface area contributed by atoms with Crippen molar-refractivity contribution in [1.29, 1.82) is 0 Å². The highest BCUT2D eigenvalue weighted by molar-refractivity contribution is 5.67. The van der Waals surface area contributed by atoms with Gasteiger partial charge in [0.15, 0.2) is 0 Å². The van der Waals surface area contributed by atoms with E-state index in [0.29, 0.717) is 19.1 Å². The van der Waals surface area contributed by atoms with Crippen molar-refractivity contribution in [1.82, 2.24) is 16.0 Å². The number of alkyl carbamates (subject to hydrolysis) is 1. The summed E-state index contributed by atoms with van der Waals surface area (Å²) in [5.74, 6) is 0.449. The first-order valence-corrected chi connectivity index (χ1v) is 9.15. The third-order valence-electron chi connectivity index (χ3n) is 3.69. The van der Waals surface area contributed by atoms with E-state index in [0.717, 1.165) is 25.9 Å². The van der Waals surface area contributed by atoms with E-state index in [4.69, 9.17) is 4.74 Å². The fraction of sp³-hybridized carbons (Fsp3) is 0.944. The summed E-state index contributed by atoms with van der Waals surface area (Å²) < 4.78 is 5.28. The molecular formula is C18H39N3O2. The number of nitrogens with one attached hydrogen (secondary N) is 3. The third kappa shape index (κ3) is 14.5. The summed E-state index contributed by atoms with van der Waals surface area (Å²) in [4.78, 5) is 11.6. The van der Waals surface area contributed by atoms with E-state index in [-0.39, 0.29) is 17.7 Å². The Labute approximate surface area is 143 Å². The van der Waals surface area contributed by atoms with Crippen LogP contribution >= 0.6 is 0 Å². The van der Waals surface area contributed by atoms with Crippen LogP contribution in [-0.2, 0) is 4.74 Å². The second kappa shape index (κ2) is 12.6. The summed E-state index contributed by atoms with van der Waals surface area (Å²) >= 11 is 0. The number of carbonyl (C=O) groups is 1. The second-order valence-electron chi connectivity index (χ2n) is 7.52. The van der Waals surface area contributed by atoms with E-state index in [1.165, 1.54) is 12.8 Å². The minimum Gasteiger partial charge on any atom is -0.448 e. The van der Waals surface area contributed by atoms with Gasteiger partial charge in [0, 0.05) is 18.1 Å². The molecule has 0 fully saturated rings. The van der Waals surface area contributed by atoms with Crippen LogP contribution in [0.5, 0.6) is 0 Å². The molecule has 3 N–H and O–H groups in total. The molecular weight excluding hydrogens is 290 g/mol. The van der Waals surface area contributed by atoms with E-state index in [1.807, 2.05) is 0 Å². The molecule has 0 aromatic rings. The van der Waals surface area contributed by atoms with Crippen LogP contribution in [0.2, 0.25) is 0 Å². The maximum Gasteiger partial charge on any atom is 0.407 e. The van der Waals surface area contributed by atoms with Gasteiger partial charge in [0.1, 0.15) is 6.61 Å². The van der Waals surface area contributed by atoms with E-state index in [2.05, 4.69) is 57.5 Å². The predicted molar refractivity (Wildman–Crippen MR) is 97.9 cm³/mol. The normalized spacial score (nSPS) is 13.2. The molecule has 0 aliphatic rings. The SMILES string of the molecule is CCN[C@@H](COC(=O)NCCCCCCNC(C)(C)C)C(C)C. The summed E-state index contributed by atoms with van der Waals surface area (Å²) in [6, 6.07) is 0.223. The first-order valence-electron chi connectivity index (χ1n) is 9.15. The Bertz CT molecular complexity index is 301. The molecule has 0 unspecified atom stereocenters. The van der Waals surface area contributed by atoms with Gasteiger partial charge in [-0.15, -0.1) is 0 Å². The highest BCUT2D eigenvalue weighted by Crippen LogP contribution is 2.03. The Morgan fingerprint density at radius 3 is 2.17 bits per heavy atom. The number of likely N-dealkylation sites (N-methyl/N-ethyl adjacent to an activating group) is 1. The molecule has 0 aliphatic heterocycles. The topological polar surface area (TPSA) is 62.4 Å². The molecule has 0 rings (SSSR count). The number of hydrogen-bond donors (Lipinski definition) is 3. The van der Waals surface area contributed by atoms with Gasteiger partial charge in [0.05, 0.1) is 0 Å². The van der Waals surface area contributed by atoms with Gasteiger partial charge < -0.3 is 20.7 Å². The highest BCUT2D eigenvalue weighted by Gasteiger charge is 2.14. The van der Waals surface area contributed by atoms with Crippen molar-refractivity contribution in [2.24, 2.45) is 5.92 Å². The Kier molecular flexibility index (Phi) is 12.1. The molecule has 5 heteroatoms. The van der Waals surface area contributed by atoms with Crippen LogP contribution in [0.1, 0.15) is 67.2 Å². The van der Waals surface area contributed by atoms with Gasteiger partial charge in [-0.2, -0.15) is 0 Å². The molecule has 1 atom stereocenters. The largest absolute Gasteiger partial charge is 0.448 e. The number of carbonyl (C=O) groups excluding carboxylic acids is 1. The van der Waals surface area contributed by atoms with Gasteiger partial charge in [-0.25, -0.2) is 4.79 Å². The first kappa shape index (κ1) is 22.2. The zero-order chi connectivity index (χ0) is 17.7. The maximum atomic E-state index is 11.6. The lowest BCUT2D eigenvalue weighted by Crippen LogP contribution is -2.40. The molecule has 1 amide bonds. The molecule has 0 aliphatic carbocycles. The van der Waals surface area contributed by atoms with Crippen molar-refractivity contribution in [3.05, 3.63) is 0 Å². The molecule has 0 spiro atoms. The van der Waals surface area contributed by atoms with Crippen LogP contribution in [0.15, 0.2) is 0 Å². The van der Waals surface area contributed by atoms with Crippen molar-refractivity contribution < 1.29 is 9.53 Å². The van der Waals surface area contributed by atoms with Crippen LogP contribution in [0, 0.1) is 5.92 Å². The third-order valence-corrected chi connectivity index (χ3v) is 3.69. The lowest BCUT2D eigenvalue weighted by Gasteiger charge is -2.21. The average Bonchev–Trinajstić information content (AvgIpc) is 2.44. The van der Waals surface area contributed by atoms with Crippen molar-refractivity contribution in [3.63, 3.8) is 0 Å². The van der Waals surface area contributed by atoms with E-state index in [9.17, 15) is 4.79 Å². The van der Waals surface area contributed by atoms with E-state index >= 15 is 0 Å². The fourth-order valence-electron chi connectivity index (χ4n) is 2.22. The van der Waals surface area contributed by atoms with Gasteiger partial charge in [-0.3, -0.25) is 0 Å². The highest BCUT2D eigenvalue weighted by atomic mass is 16.5. The minimum absolute atomic E-state index is 0.200. The van der Waals surface area contributed by atoms with Crippen molar-refractivity contribution >= 4 is 6.09 Å². The van der Waals surface area contributed by atoms with E-state index < -0.39 is 0 Å². The Balaban J connectivity index is 3.53. The zero-order valence-corrected chi connectivity index (χ0v) is 16.1. The molecule has 5 nitrogen and oxygen atoms in total. The molecule has 138 valence electrons. The zero-order valence-electron chi connectivity index (χ0n) is 16.1. The summed E-state index contributed by atoms with van der Waals surface area (Å²) in [7, 11) is 0. The summed E-state index contributed by atoms with van der Waals surface area (Å²) in [5.41, 5.74) is 0.200. The Morgan fingerprint density at radius 2 is 1.65 bits per heavy atom. The van der Waals surface area contributed by atoms with Gasteiger partial charge in [0.25, 0.3) is 0 Å². The molecule has 0 saturated carbocycles. The van der Waals surface area contributed by atoms with Gasteiger partial charge in [-0.05, 0) is 52.6 Å². The van der Waals surface area contributed by atoms with Crippen LogP contribution < -0.4 is 16.0 Å². The first-order chi connectivity index (χ1) is 10.8. The second-order valence-corrected chi connectivity index (χ2v) is 7.52. The van der Waals surface area contributed by atoms with Gasteiger partial charge >= 0.3 is 6.09 Å². The van der Waals surface area contributed by atoms with Crippen molar-refractivity contribution in [2.75, 3.05) is 26.2 Å². The number of amides is 1. The molecule has 0 heterocycles. The smallest absolute Gasteiger partial charge is 0.407 e. The van der Waals surface area contributed by atoms with Gasteiger partial charge in [0.2, 0.25) is 0 Å². The summed E-state index contributed by atoms with van der Waals surface area (Å²) in [6.07, 6.45) is 4.21. The molecule has 0 aromatic carbocycles. The number of hydrogen-bond acceptors (Lipinski definition) is 4. The maximum absolute atomic E-state index is 11.6. The average molecular weight is 330 g/mol. The Hall–Kier alpha value is -0.810. The number of rotatable bonds is 12. The molecule has 0 saturated heterocycles.